The lowest BCUT2D eigenvalue weighted by atomic mass is 10.1. The van der Waals surface area contributed by atoms with Gasteiger partial charge in [-0.3, -0.25) is 9.52 Å². The van der Waals surface area contributed by atoms with E-state index in [1.807, 2.05) is 12.1 Å². The van der Waals surface area contributed by atoms with Crippen LogP contribution < -0.4 is 14.9 Å². The van der Waals surface area contributed by atoms with E-state index in [4.69, 9.17) is 11.6 Å². The molecule has 33 heavy (non-hydrogen) atoms. The van der Waals surface area contributed by atoms with Gasteiger partial charge in [0.05, 0.1) is 16.1 Å². The number of rotatable bonds is 7. The Morgan fingerprint density at radius 1 is 0.970 bits per heavy atom. The molecule has 1 amide bonds. The van der Waals surface area contributed by atoms with E-state index in [2.05, 4.69) is 19.9 Å². The zero-order valence-corrected chi connectivity index (χ0v) is 19.6. The molecule has 1 saturated heterocycles. The third-order valence-electron chi connectivity index (χ3n) is 5.48. The smallest absolute Gasteiger partial charge is 0.261 e. The molecular weight excluding hydrogens is 460 g/mol. The highest BCUT2D eigenvalue weighted by atomic mass is 35.5. The Morgan fingerprint density at radius 2 is 1.70 bits per heavy atom. The Bertz CT molecular complexity index is 1210. The van der Waals surface area contributed by atoms with Gasteiger partial charge in [0, 0.05) is 30.9 Å². The molecular formula is C24H25ClN4O3S. The number of carbonyl (C=O) groups excluding carboxylic acids is 1. The number of sulfonamides is 1. The summed E-state index contributed by atoms with van der Waals surface area (Å²) >= 11 is 5.85. The fraction of sp³-hybridized carbons (Fsp3) is 0.250. The van der Waals surface area contributed by atoms with Crippen molar-refractivity contribution in [2.45, 2.75) is 30.7 Å². The maximum atomic E-state index is 12.8. The average Bonchev–Trinajstić information content (AvgIpc) is 2.84. The molecule has 2 N–H and O–H groups in total. The topological polar surface area (TPSA) is 91.4 Å². The maximum absolute atomic E-state index is 12.8. The Morgan fingerprint density at radius 3 is 2.39 bits per heavy atom. The molecule has 0 bridgehead atoms. The minimum absolute atomic E-state index is 0.0574. The molecule has 9 heteroatoms. The van der Waals surface area contributed by atoms with Crippen molar-refractivity contribution in [1.82, 2.24) is 10.3 Å². The third-order valence-corrected chi connectivity index (χ3v) is 7.12. The van der Waals surface area contributed by atoms with Crippen LogP contribution in [0, 0.1) is 0 Å². The number of piperidine rings is 1. The first kappa shape index (κ1) is 23.1. The highest BCUT2D eigenvalue weighted by Gasteiger charge is 2.19. The zero-order valence-electron chi connectivity index (χ0n) is 18.0. The van der Waals surface area contributed by atoms with Gasteiger partial charge in [0.1, 0.15) is 5.82 Å². The largest absolute Gasteiger partial charge is 0.357 e. The van der Waals surface area contributed by atoms with Crippen molar-refractivity contribution in [3.63, 3.8) is 0 Å². The fourth-order valence-corrected chi connectivity index (χ4v) is 4.90. The van der Waals surface area contributed by atoms with Crippen molar-refractivity contribution in [1.29, 1.82) is 0 Å². The van der Waals surface area contributed by atoms with Gasteiger partial charge in [-0.2, -0.15) is 0 Å². The summed E-state index contributed by atoms with van der Waals surface area (Å²) in [6, 6.07) is 16.2. The Labute approximate surface area is 198 Å². The number of nitrogens with zero attached hydrogens (tertiary/aromatic N) is 2. The minimum atomic E-state index is -3.87. The molecule has 1 aromatic heterocycles. The van der Waals surface area contributed by atoms with Gasteiger partial charge in [-0.1, -0.05) is 29.8 Å². The van der Waals surface area contributed by atoms with Gasteiger partial charge >= 0.3 is 0 Å². The van der Waals surface area contributed by atoms with Gasteiger partial charge in [-0.25, -0.2) is 13.4 Å². The van der Waals surface area contributed by atoms with E-state index >= 15 is 0 Å². The van der Waals surface area contributed by atoms with Gasteiger partial charge in [0.15, 0.2) is 0 Å². The summed E-state index contributed by atoms with van der Waals surface area (Å²) < 4.78 is 28.0. The second-order valence-electron chi connectivity index (χ2n) is 7.86. The van der Waals surface area contributed by atoms with Gasteiger partial charge in [-0.05, 0) is 67.3 Å². The number of carbonyl (C=O) groups is 1. The first-order valence-electron chi connectivity index (χ1n) is 10.8. The van der Waals surface area contributed by atoms with Crippen molar-refractivity contribution in [3.05, 3.63) is 83.0 Å². The number of para-hydroxylation sites is 1. The number of halogens is 1. The summed E-state index contributed by atoms with van der Waals surface area (Å²) in [5.41, 5.74) is 1.29. The molecule has 2 heterocycles. The lowest BCUT2D eigenvalue weighted by molar-refractivity contribution is 0.0952. The van der Waals surface area contributed by atoms with Crippen LogP contribution in [0.15, 0.2) is 71.8 Å². The SMILES string of the molecule is O=C(NCc1ccc(N2CCCCC2)nc1)c1ccccc1NS(=O)(=O)c1ccc(Cl)cc1. The molecule has 1 aliphatic heterocycles. The number of amides is 1. The molecule has 1 aliphatic rings. The summed E-state index contributed by atoms with van der Waals surface area (Å²) in [7, 11) is -3.87. The molecule has 0 unspecified atom stereocenters. The highest BCUT2D eigenvalue weighted by Crippen LogP contribution is 2.22. The van der Waals surface area contributed by atoms with E-state index in [0.717, 1.165) is 24.5 Å². The first-order chi connectivity index (χ1) is 15.9. The molecule has 4 rings (SSSR count). The van der Waals surface area contributed by atoms with Gasteiger partial charge in [0.25, 0.3) is 15.9 Å². The summed E-state index contributed by atoms with van der Waals surface area (Å²) in [5, 5.41) is 3.28. The van der Waals surface area contributed by atoms with Crippen molar-refractivity contribution in [2.75, 3.05) is 22.7 Å². The van der Waals surface area contributed by atoms with Crippen LogP contribution in [0.2, 0.25) is 5.02 Å². The first-order valence-corrected chi connectivity index (χ1v) is 12.6. The van der Waals surface area contributed by atoms with E-state index in [1.54, 1.807) is 30.5 Å². The van der Waals surface area contributed by atoms with Crippen LogP contribution in [-0.4, -0.2) is 32.4 Å². The summed E-state index contributed by atoms with van der Waals surface area (Å²) in [4.78, 5) is 19.7. The number of pyridine rings is 1. The second-order valence-corrected chi connectivity index (χ2v) is 9.98. The minimum Gasteiger partial charge on any atom is -0.357 e. The number of benzene rings is 2. The van der Waals surface area contributed by atoms with Crippen LogP contribution in [0.5, 0.6) is 0 Å². The van der Waals surface area contributed by atoms with E-state index in [1.165, 1.54) is 43.5 Å². The summed E-state index contributed by atoms with van der Waals surface area (Å²) in [6.07, 6.45) is 5.39. The Hall–Kier alpha value is -3.10. The molecule has 172 valence electrons. The maximum Gasteiger partial charge on any atom is 0.261 e. The van der Waals surface area contributed by atoms with Gasteiger partial charge in [-0.15, -0.1) is 0 Å². The standard InChI is InChI=1S/C24H25ClN4O3S/c25-19-9-11-20(12-10-19)33(31,32)28-22-7-3-2-6-21(22)24(30)27-17-18-8-13-23(26-16-18)29-14-4-1-5-15-29/h2-3,6-13,16,28H,1,4-5,14-15,17H2,(H,27,30). The van der Waals surface area contributed by atoms with E-state index in [-0.39, 0.29) is 28.6 Å². The summed E-state index contributed by atoms with van der Waals surface area (Å²) in [6.45, 7) is 2.32. The average molecular weight is 485 g/mol. The molecule has 7 nitrogen and oxygen atoms in total. The molecule has 1 fully saturated rings. The molecule has 0 aliphatic carbocycles. The van der Waals surface area contributed by atoms with Crippen molar-refractivity contribution in [3.8, 4) is 0 Å². The number of aromatic nitrogens is 1. The van der Waals surface area contributed by atoms with Crippen molar-refractivity contribution < 1.29 is 13.2 Å². The van der Waals surface area contributed by atoms with Crippen LogP contribution >= 0.6 is 11.6 Å². The fourth-order valence-electron chi connectivity index (χ4n) is 3.70. The predicted octanol–water partition coefficient (Wildman–Crippen LogP) is 4.46. The number of hydrogen-bond donors (Lipinski definition) is 2. The zero-order chi connectivity index (χ0) is 23.3. The predicted molar refractivity (Wildman–Crippen MR) is 130 cm³/mol. The van der Waals surface area contributed by atoms with E-state index in [9.17, 15) is 13.2 Å². The number of hydrogen-bond acceptors (Lipinski definition) is 5. The molecule has 0 radical (unpaired) electrons. The summed E-state index contributed by atoms with van der Waals surface area (Å²) in [5.74, 6) is 0.566. The van der Waals surface area contributed by atoms with E-state index in [0.29, 0.717) is 5.02 Å². The number of nitrogens with one attached hydrogen (secondary N) is 2. The monoisotopic (exact) mass is 484 g/mol. The molecule has 2 aromatic carbocycles. The molecule has 0 saturated carbocycles. The molecule has 3 aromatic rings. The third kappa shape index (κ3) is 5.83. The van der Waals surface area contributed by atoms with Crippen molar-refractivity contribution >= 4 is 39.0 Å². The van der Waals surface area contributed by atoms with Crippen LogP contribution in [0.25, 0.3) is 0 Å². The second kappa shape index (κ2) is 10.2. The van der Waals surface area contributed by atoms with Crippen LogP contribution in [-0.2, 0) is 16.6 Å². The lowest BCUT2D eigenvalue weighted by Gasteiger charge is -2.27. The lowest BCUT2D eigenvalue weighted by Crippen LogP contribution is -2.30. The number of anilines is 2. The van der Waals surface area contributed by atoms with Crippen LogP contribution in [0.3, 0.4) is 0 Å². The van der Waals surface area contributed by atoms with Crippen LogP contribution in [0.4, 0.5) is 11.5 Å². The normalized spacial score (nSPS) is 14.0. The highest BCUT2D eigenvalue weighted by molar-refractivity contribution is 7.92. The molecule has 0 atom stereocenters. The van der Waals surface area contributed by atoms with Gasteiger partial charge < -0.3 is 10.2 Å². The molecule has 0 spiro atoms. The Kier molecular flexibility index (Phi) is 7.15. The van der Waals surface area contributed by atoms with Crippen molar-refractivity contribution in [2.24, 2.45) is 0 Å². The van der Waals surface area contributed by atoms with E-state index < -0.39 is 10.0 Å². The van der Waals surface area contributed by atoms with Crippen LogP contribution in [0.1, 0.15) is 35.2 Å². The van der Waals surface area contributed by atoms with Gasteiger partial charge in [0.2, 0.25) is 0 Å². The Balaban J connectivity index is 1.42. The quantitative estimate of drug-likeness (QED) is 0.516.